The fourth-order valence-electron chi connectivity index (χ4n) is 2.94. The van der Waals surface area contributed by atoms with Crippen LogP contribution in [0.4, 0.5) is 0 Å². The Bertz CT molecular complexity index is 709. The molecule has 0 saturated heterocycles. The highest BCUT2D eigenvalue weighted by atomic mass is 32.2. The molecule has 0 aliphatic carbocycles. The van der Waals surface area contributed by atoms with Gasteiger partial charge in [0.15, 0.2) is 0 Å². The van der Waals surface area contributed by atoms with Crippen LogP contribution in [0.15, 0.2) is 61.2 Å². The van der Waals surface area contributed by atoms with E-state index in [1.807, 2.05) is 58.9 Å². The molecule has 0 aliphatic heterocycles. The van der Waals surface area contributed by atoms with Crippen LogP contribution in [0.2, 0.25) is 0 Å². The van der Waals surface area contributed by atoms with E-state index in [4.69, 9.17) is 9.47 Å². The van der Waals surface area contributed by atoms with Gasteiger partial charge in [-0.25, -0.2) is 8.51 Å². The Hall–Kier alpha value is -2.11. The lowest BCUT2D eigenvalue weighted by Crippen LogP contribution is -2.34. The summed E-state index contributed by atoms with van der Waals surface area (Å²) in [7, 11) is 2.18. The molecular weight excluding hydrogens is 370 g/mol. The standard InChI is InChI=1S/C23H31NO3S/c1-6-7-18(2)19(3)28(25)24(16-20-8-12-22(26-4)13-9-20)17-21-10-14-23(27-5)15-11-21/h6,8-15,18-19H,1,7,16-17H2,2-5H3/t18?,19-,28?/m0/s1. The fraction of sp³-hybridized carbons (Fsp3) is 0.391. The summed E-state index contributed by atoms with van der Waals surface area (Å²) >= 11 is 0. The molecule has 3 atom stereocenters. The Morgan fingerprint density at radius 3 is 1.71 bits per heavy atom. The number of ether oxygens (including phenoxy) is 2. The zero-order valence-electron chi connectivity index (χ0n) is 17.3. The van der Waals surface area contributed by atoms with E-state index in [1.54, 1.807) is 14.2 Å². The molecule has 152 valence electrons. The van der Waals surface area contributed by atoms with E-state index >= 15 is 0 Å². The van der Waals surface area contributed by atoms with Crippen molar-refractivity contribution in [1.82, 2.24) is 4.31 Å². The minimum Gasteiger partial charge on any atom is -0.497 e. The fourth-order valence-corrected chi connectivity index (χ4v) is 4.47. The van der Waals surface area contributed by atoms with E-state index in [0.29, 0.717) is 19.0 Å². The second-order valence-corrected chi connectivity index (χ2v) is 8.79. The quantitative estimate of drug-likeness (QED) is 0.499. The third-order valence-corrected chi connectivity index (χ3v) is 6.82. The first-order chi connectivity index (χ1) is 13.5. The zero-order chi connectivity index (χ0) is 20.5. The maximum atomic E-state index is 13.4. The molecule has 28 heavy (non-hydrogen) atoms. The van der Waals surface area contributed by atoms with E-state index in [0.717, 1.165) is 29.0 Å². The van der Waals surface area contributed by atoms with Crippen molar-refractivity contribution < 1.29 is 13.7 Å². The summed E-state index contributed by atoms with van der Waals surface area (Å²) in [6.07, 6.45) is 2.75. The molecular formula is C23H31NO3S. The summed E-state index contributed by atoms with van der Waals surface area (Å²) < 4.78 is 25.9. The van der Waals surface area contributed by atoms with E-state index in [9.17, 15) is 4.21 Å². The van der Waals surface area contributed by atoms with Crippen LogP contribution in [-0.2, 0) is 24.1 Å². The molecule has 0 saturated carbocycles. The average Bonchev–Trinajstić information content (AvgIpc) is 2.73. The monoisotopic (exact) mass is 401 g/mol. The van der Waals surface area contributed by atoms with Crippen molar-refractivity contribution in [2.75, 3.05) is 14.2 Å². The molecule has 0 amide bonds. The number of rotatable bonds is 11. The molecule has 0 bridgehead atoms. The summed E-state index contributed by atoms with van der Waals surface area (Å²) in [6.45, 7) is 9.21. The maximum Gasteiger partial charge on any atom is 0.118 e. The van der Waals surface area contributed by atoms with Gasteiger partial charge in [0.1, 0.15) is 11.5 Å². The van der Waals surface area contributed by atoms with Gasteiger partial charge in [0.25, 0.3) is 0 Å². The molecule has 0 radical (unpaired) electrons. The third-order valence-electron chi connectivity index (χ3n) is 4.95. The Balaban J connectivity index is 2.21. The van der Waals surface area contributed by atoms with Crippen LogP contribution in [0.1, 0.15) is 31.4 Å². The summed E-state index contributed by atoms with van der Waals surface area (Å²) in [4.78, 5) is 0. The number of methoxy groups -OCH3 is 2. The summed E-state index contributed by atoms with van der Waals surface area (Å²) in [5, 5.41) is 0.0366. The summed E-state index contributed by atoms with van der Waals surface area (Å²) in [5.74, 6) is 1.94. The minimum atomic E-state index is -1.13. The van der Waals surface area contributed by atoms with Crippen molar-refractivity contribution >= 4 is 11.0 Å². The van der Waals surface area contributed by atoms with Gasteiger partial charge in [-0.05, 0) is 54.7 Å². The number of hydrogen-bond acceptors (Lipinski definition) is 3. The van der Waals surface area contributed by atoms with Crippen LogP contribution in [-0.4, -0.2) is 28.0 Å². The van der Waals surface area contributed by atoms with Crippen LogP contribution in [0.5, 0.6) is 11.5 Å². The molecule has 4 nitrogen and oxygen atoms in total. The first kappa shape index (κ1) is 22.2. The van der Waals surface area contributed by atoms with Gasteiger partial charge in [-0.2, -0.15) is 0 Å². The van der Waals surface area contributed by atoms with Crippen molar-refractivity contribution in [3.8, 4) is 11.5 Å². The van der Waals surface area contributed by atoms with Gasteiger partial charge < -0.3 is 9.47 Å². The van der Waals surface area contributed by atoms with Crippen molar-refractivity contribution in [3.63, 3.8) is 0 Å². The zero-order valence-corrected chi connectivity index (χ0v) is 18.1. The Morgan fingerprint density at radius 2 is 1.36 bits per heavy atom. The van der Waals surface area contributed by atoms with Crippen LogP contribution in [0.25, 0.3) is 0 Å². The van der Waals surface area contributed by atoms with Gasteiger partial charge in [0.2, 0.25) is 0 Å². The van der Waals surface area contributed by atoms with Crippen molar-refractivity contribution in [2.24, 2.45) is 5.92 Å². The highest BCUT2D eigenvalue weighted by molar-refractivity contribution is 7.83. The van der Waals surface area contributed by atoms with Crippen LogP contribution < -0.4 is 9.47 Å². The van der Waals surface area contributed by atoms with Gasteiger partial charge in [0.05, 0.1) is 25.2 Å². The SMILES string of the molecule is C=CCC(C)[C@H](C)S(=O)N(Cc1ccc(OC)cc1)Cc1ccc(OC)cc1. The normalized spacial score (nSPS) is 14.3. The van der Waals surface area contributed by atoms with Gasteiger partial charge in [-0.1, -0.05) is 37.3 Å². The molecule has 0 aliphatic rings. The Kier molecular flexibility index (Phi) is 8.74. The average molecular weight is 402 g/mol. The molecule has 0 fully saturated rings. The van der Waals surface area contributed by atoms with Crippen molar-refractivity contribution in [2.45, 2.75) is 38.6 Å². The lowest BCUT2D eigenvalue weighted by atomic mass is 10.1. The first-order valence-corrected chi connectivity index (χ1v) is 10.7. The molecule has 0 spiro atoms. The number of hydrogen-bond donors (Lipinski definition) is 0. The van der Waals surface area contributed by atoms with E-state index in [-0.39, 0.29) is 5.25 Å². The van der Waals surface area contributed by atoms with Crippen LogP contribution in [0.3, 0.4) is 0 Å². The second kappa shape index (κ2) is 11.0. The number of nitrogens with zero attached hydrogens (tertiary/aromatic N) is 1. The maximum absolute atomic E-state index is 13.4. The third kappa shape index (κ3) is 6.21. The molecule has 0 heterocycles. The van der Waals surface area contributed by atoms with E-state index in [1.165, 1.54) is 0 Å². The van der Waals surface area contributed by atoms with Crippen LogP contribution in [0, 0.1) is 5.92 Å². The van der Waals surface area contributed by atoms with Crippen LogP contribution >= 0.6 is 0 Å². The highest BCUT2D eigenvalue weighted by Gasteiger charge is 2.24. The largest absolute Gasteiger partial charge is 0.497 e. The molecule has 0 N–H and O–H groups in total. The molecule has 2 unspecified atom stereocenters. The molecule has 2 aromatic carbocycles. The predicted molar refractivity (Wildman–Crippen MR) is 117 cm³/mol. The molecule has 2 aromatic rings. The Morgan fingerprint density at radius 1 is 0.929 bits per heavy atom. The van der Waals surface area contributed by atoms with Gasteiger partial charge in [-0.3, -0.25) is 0 Å². The smallest absolute Gasteiger partial charge is 0.118 e. The lowest BCUT2D eigenvalue weighted by Gasteiger charge is -2.28. The summed E-state index contributed by atoms with van der Waals surface area (Å²) in [6, 6.07) is 15.8. The first-order valence-electron chi connectivity index (χ1n) is 9.50. The topological polar surface area (TPSA) is 38.8 Å². The lowest BCUT2D eigenvalue weighted by molar-refractivity contribution is 0.408. The van der Waals surface area contributed by atoms with Crippen molar-refractivity contribution in [1.29, 1.82) is 0 Å². The van der Waals surface area contributed by atoms with Gasteiger partial charge in [-0.15, -0.1) is 6.58 Å². The highest BCUT2D eigenvalue weighted by Crippen LogP contribution is 2.22. The molecule has 5 heteroatoms. The Labute approximate surface area is 171 Å². The molecule has 0 aromatic heterocycles. The van der Waals surface area contributed by atoms with Gasteiger partial charge >= 0.3 is 0 Å². The van der Waals surface area contributed by atoms with E-state index < -0.39 is 11.0 Å². The number of benzene rings is 2. The minimum absolute atomic E-state index is 0.0366. The van der Waals surface area contributed by atoms with Gasteiger partial charge in [0, 0.05) is 18.3 Å². The summed E-state index contributed by atoms with van der Waals surface area (Å²) in [5.41, 5.74) is 2.21. The second-order valence-electron chi connectivity index (χ2n) is 6.98. The molecule has 2 rings (SSSR count). The number of allylic oxidation sites excluding steroid dienone is 1. The van der Waals surface area contributed by atoms with Crippen molar-refractivity contribution in [3.05, 3.63) is 72.3 Å². The predicted octanol–water partition coefficient (Wildman–Crippen LogP) is 4.97. The van der Waals surface area contributed by atoms with E-state index in [2.05, 4.69) is 20.4 Å².